The molecule has 0 aliphatic rings. The van der Waals surface area contributed by atoms with Crippen LogP contribution in [0.3, 0.4) is 0 Å². The maximum Gasteiger partial charge on any atom is 0.160 e. The lowest BCUT2D eigenvalue weighted by Crippen LogP contribution is -2.00. The highest BCUT2D eigenvalue weighted by Gasteiger charge is 2.11. The van der Waals surface area contributed by atoms with E-state index in [2.05, 4.69) is 48.4 Å². The van der Waals surface area contributed by atoms with E-state index in [1.807, 2.05) is 0 Å². The molecule has 0 saturated carbocycles. The molecule has 0 radical (unpaired) electrons. The van der Waals surface area contributed by atoms with E-state index < -0.39 is 11.6 Å². The summed E-state index contributed by atoms with van der Waals surface area (Å²) < 4.78 is 15.5. The fraction of sp³-hybridized carbons (Fsp3) is 0.263. The molecule has 0 atom stereocenters. The molecular formula is C19H20FN3O2. The topological polar surface area (TPSA) is 71.2 Å². The van der Waals surface area contributed by atoms with E-state index in [-0.39, 0.29) is 17.7 Å². The summed E-state index contributed by atoms with van der Waals surface area (Å²) in [6.07, 6.45) is 1.94. The van der Waals surface area contributed by atoms with Gasteiger partial charge in [0.2, 0.25) is 0 Å². The van der Waals surface area contributed by atoms with Crippen LogP contribution >= 0.6 is 0 Å². The summed E-state index contributed by atoms with van der Waals surface area (Å²) in [6.45, 7) is 4.88. The largest absolute Gasteiger partial charge is 0.504 e. The Kier molecular flexibility index (Phi) is 4.70. The maximum atomic E-state index is 13.8. The van der Waals surface area contributed by atoms with Gasteiger partial charge in [-0.3, -0.25) is 0 Å². The molecule has 0 saturated heterocycles. The second-order valence-corrected chi connectivity index (χ2v) is 6.41. The lowest BCUT2D eigenvalue weighted by Gasteiger charge is -2.06. The molecule has 5 nitrogen and oxygen atoms in total. The van der Waals surface area contributed by atoms with E-state index in [4.69, 9.17) is 0 Å². The molecule has 2 aromatic carbocycles. The minimum Gasteiger partial charge on any atom is -0.504 e. The Morgan fingerprint density at radius 2 is 1.76 bits per heavy atom. The van der Waals surface area contributed by atoms with E-state index in [9.17, 15) is 14.6 Å². The van der Waals surface area contributed by atoms with Crippen LogP contribution < -0.4 is 0 Å². The molecule has 2 N–H and O–H groups in total. The number of aromatic nitrogens is 3. The van der Waals surface area contributed by atoms with E-state index in [0.29, 0.717) is 18.2 Å². The Morgan fingerprint density at radius 1 is 1.08 bits per heavy atom. The van der Waals surface area contributed by atoms with Gasteiger partial charge in [0.15, 0.2) is 11.5 Å². The van der Waals surface area contributed by atoms with Gasteiger partial charge in [-0.2, -0.15) is 0 Å². The van der Waals surface area contributed by atoms with Crippen molar-refractivity contribution in [3.05, 3.63) is 70.8 Å². The van der Waals surface area contributed by atoms with Crippen LogP contribution in [0.15, 0.2) is 42.6 Å². The van der Waals surface area contributed by atoms with Crippen molar-refractivity contribution >= 4 is 0 Å². The van der Waals surface area contributed by atoms with Crippen LogP contribution in [0.5, 0.6) is 11.5 Å². The van der Waals surface area contributed by atoms with Gasteiger partial charge in [-0.25, -0.2) is 9.07 Å². The van der Waals surface area contributed by atoms with Crippen LogP contribution in [-0.2, 0) is 13.0 Å². The summed E-state index contributed by atoms with van der Waals surface area (Å²) in [4.78, 5) is 0. The van der Waals surface area contributed by atoms with Crippen molar-refractivity contribution in [3.63, 3.8) is 0 Å². The van der Waals surface area contributed by atoms with Gasteiger partial charge in [0, 0.05) is 18.7 Å². The van der Waals surface area contributed by atoms with E-state index >= 15 is 0 Å². The summed E-state index contributed by atoms with van der Waals surface area (Å²) in [5.41, 5.74) is 3.23. The lowest BCUT2D eigenvalue weighted by molar-refractivity contribution is 0.398. The number of rotatable bonds is 5. The zero-order chi connectivity index (χ0) is 18.0. The number of benzene rings is 2. The van der Waals surface area contributed by atoms with Gasteiger partial charge in [-0.15, -0.1) is 5.10 Å². The van der Waals surface area contributed by atoms with Gasteiger partial charge in [-0.05, 0) is 28.7 Å². The van der Waals surface area contributed by atoms with Crippen LogP contribution in [0.4, 0.5) is 4.39 Å². The average Bonchev–Trinajstić information content (AvgIpc) is 3.00. The summed E-state index contributed by atoms with van der Waals surface area (Å²) in [5, 5.41) is 26.9. The molecular weight excluding hydrogens is 321 g/mol. The molecule has 6 heteroatoms. The molecule has 25 heavy (non-hydrogen) atoms. The van der Waals surface area contributed by atoms with Crippen LogP contribution in [-0.4, -0.2) is 25.2 Å². The summed E-state index contributed by atoms with van der Waals surface area (Å²) in [6, 6.07) is 10.4. The highest BCUT2D eigenvalue weighted by atomic mass is 19.1. The van der Waals surface area contributed by atoms with Crippen molar-refractivity contribution in [1.29, 1.82) is 0 Å². The van der Waals surface area contributed by atoms with Gasteiger partial charge in [0.05, 0.1) is 12.2 Å². The van der Waals surface area contributed by atoms with Crippen molar-refractivity contribution in [2.45, 2.75) is 32.7 Å². The Balaban J connectivity index is 1.71. The number of aromatic hydroxyl groups is 2. The molecule has 1 heterocycles. The average molecular weight is 341 g/mol. The SMILES string of the molecule is CC(C)c1ccc(Cn2cc(Cc3cc(O)c(O)cc3F)nn2)cc1. The first-order valence-electron chi connectivity index (χ1n) is 8.10. The van der Waals surface area contributed by atoms with Gasteiger partial charge in [0.1, 0.15) is 5.82 Å². The number of hydrogen-bond donors (Lipinski definition) is 2. The molecule has 0 unspecified atom stereocenters. The molecule has 0 amide bonds. The number of halogens is 1. The number of hydrogen-bond acceptors (Lipinski definition) is 4. The standard InChI is InChI=1S/C19H20FN3O2/c1-12(2)14-5-3-13(4-6-14)10-23-11-16(21-22-23)7-15-8-18(24)19(25)9-17(15)20/h3-6,8-9,11-12,24-25H,7,10H2,1-2H3. The zero-order valence-corrected chi connectivity index (χ0v) is 14.1. The molecule has 130 valence electrons. The highest BCUT2D eigenvalue weighted by Crippen LogP contribution is 2.28. The third kappa shape index (κ3) is 3.96. The zero-order valence-electron chi connectivity index (χ0n) is 14.1. The van der Waals surface area contributed by atoms with Crippen molar-refractivity contribution in [2.24, 2.45) is 0 Å². The van der Waals surface area contributed by atoms with Crippen LogP contribution in [0.25, 0.3) is 0 Å². The first-order valence-corrected chi connectivity index (χ1v) is 8.10. The number of phenols is 2. The fourth-order valence-electron chi connectivity index (χ4n) is 2.62. The smallest absolute Gasteiger partial charge is 0.160 e. The van der Waals surface area contributed by atoms with E-state index in [1.54, 1.807) is 10.9 Å². The Hall–Kier alpha value is -2.89. The Labute approximate surface area is 145 Å². The van der Waals surface area contributed by atoms with Crippen LogP contribution in [0.1, 0.15) is 42.1 Å². The normalized spacial score (nSPS) is 11.2. The van der Waals surface area contributed by atoms with Gasteiger partial charge < -0.3 is 10.2 Å². The van der Waals surface area contributed by atoms with Crippen LogP contribution in [0, 0.1) is 5.82 Å². The van der Waals surface area contributed by atoms with Crippen molar-refractivity contribution < 1.29 is 14.6 Å². The first-order chi connectivity index (χ1) is 11.9. The summed E-state index contributed by atoms with van der Waals surface area (Å²) in [7, 11) is 0. The van der Waals surface area contributed by atoms with E-state index in [1.165, 1.54) is 11.6 Å². The van der Waals surface area contributed by atoms with Gasteiger partial charge in [-0.1, -0.05) is 43.3 Å². The molecule has 3 rings (SSSR count). The molecule has 0 bridgehead atoms. The molecule has 0 fully saturated rings. The van der Waals surface area contributed by atoms with Crippen molar-refractivity contribution in [1.82, 2.24) is 15.0 Å². The second-order valence-electron chi connectivity index (χ2n) is 6.41. The molecule has 3 aromatic rings. The van der Waals surface area contributed by atoms with Crippen molar-refractivity contribution in [3.8, 4) is 11.5 Å². The number of nitrogens with zero attached hydrogens (tertiary/aromatic N) is 3. The van der Waals surface area contributed by atoms with Crippen molar-refractivity contribution in [2.75, 3.05) is 0 Å². The lowest BCUT2D eigenvalue weighted by atomic mass is 10.0. The summed E-state index contributed by atoms with van der Waals surface area (Å²) >= 11 is 0. The van der Waals surface area contributed by atoms with Crippen LogP contribution in [0.2, 0.25) is 0 Å². The minimum atomic E-state index is -0.589. The Morgan fingerprint density at radius 3 is 2.44 bits per heavy atom. The van der Waals surface area contributed by atoms with E-state index in [0.717, 1.165) is 11.6 Å². The summed E-state index contributed by atoms with van der Waals surface area (Å²) in [5.74, 6) is -0.929. The number of phenolic OH excluding ortho intramolecular Hbond substituents is 2. The monoisotopic (exact) mass is 341 g/mol. The molecule has 1 aromatic heterocycles. The maximum absolute atomic E-state index is 13.8. The first kappa shape index (κ1) is 17.0. The van der Waals surface area contributed by atoms with Gasteiger partial charge in [0.25, 0.3) is 0 Å². The molecule has 0 aliphatic heterocycles. The predicted octanol–water partition coefficient (Wildman–Crippen LogP) is 3.59. The highest BCUT2D eigenvalue weighted by molar-refractivity contribution is 5.42. The fourth-order valence-corrected chi connectivity index (χ4v) is 2.62. The minimum absolute atomic E-state index is 0.186. The second kappa shape index (κ2) is 6.93. The quantitative estimate of drug-likeness (QED) is 0.696. The third-order valence-electron chi connectivity index (χ3n) is 4.09. The van der Waals surface area contributed by atoms with Gasteiger partial charge >= 0.3 is 0 Å². The third-order valence-corrected chi connectivity index (χ3v) is 4.09. The molecule has 0 spiro atoms. The Bertz CT molecular complexity index is 873. The molecule has 0 aliphatic carbocycles. The predicted molar refractivity (Wildman–Crippen MR) is 92.2 cm³/mol.